The van der Waals surface area contributed by atoms with E-state index in [-0.39, 0.29) is 25.0 Å². The first-order valence-electron chi connectivity index (χ1n) is 12.1. The molecule has 3 rings (SSSR count). The predicted molar refractivity (Wildman–Crippen MR) is 145 cm³/mol. The number of hydrogen-bond donors (Lipinski definition) is 1. The number of benzene rings is 3. The average molecular weight is 507 g/mol. The van der Waals surface area contributed by atoms with E-state index in [0.29, 0.717) is 17.2 Å². The van der Waals surface area contributed by atoms with Gasteiger partial charge < -0.3 is 15.0 Å². The van der Waals surface area contributed by atoms with E-state index in [1.807, 2.05) is 95.3 Å². The fraction of sp³-hybridized carbons (Fsp3) is 0.333. The topological polar surface area (TPSA) is 58.6 Å². The van der Waals surface area contributed by atoms with Crippen LogP contribution in [0, 0.1) is 13.8 Å². The minimum Gasteiger partial charge on any atom is -0.483 e. The Hall–Kier alpha value is -3.31. The zero-order chi connectivity index (χ0) is 26.3. The zero-order valence-electron chi connectivity index (χ0n) is 21.7. The van der Waals surface area contributed by atoms with Crippen molar-refractivity contribution in [2.75, 3.05) is 6.61 Å². The molecule has 3 aromatic rings. The summed E-state index contributed by atoms with van der Waals surface area (Å²) in [6.07, 6.45) is 0.381. The van der Waals surface area contributed by atoms with Crippen LogP contribution in [0.2, 0.25) is 5.02 Å². The van der Waals surface area contributed by atoms with Crippen LogP contribution in [0.3, 0.4) is 0 Å². The molecule has 0 aliphatic rings. The van der Waals surface area contributed by atoms with Gasteiger partial charge in [0.25, 0.3) is 5.91 Å². The number of aryl methyl sites for hydroxylation is 2. The van der Waals surface area contributed by atoms with Crippen LogP contribution in [-0.4, -0.2) is 34.9 Å². The second-order valence-corrected chi connectivity index (χ2v) is 10.6. The molecule has 0 aliphatic heterocycles. The molecule has 0 aliphatic carbocycles. The lowest BCUT2D eigenvalue weighted by atomic mass is 10.0. The van der Waals surface area contributed by atoms with Crippen LogP contribution >= 0.6 is 11.6 Å². The Morgan fingerprint density at radius 2 is 1.61 bits per heavy atom. The number of carbonyl (C=O) groups is 2. The van der Waals surface area contributed by atoms with Gasteiger partial charge in [-0.1, -0.05) is 71.8 Å². The van der Waals surface area contributed by atoms with Gasteiger partial charge in [-0.15, -0.1) is 0 Å². The highest BCUT2D eigenvalue weighted by molar-refractivity contribution is 6.30. The molecule has 36 heavy (non-hydrogen) atoms. The van der Waals surface area contributed by atoms with E-state index in [2.05, 4.69) is 5.32 Å². The Morgan fingerprint density at radius 3 is 2.22 bits per heavy atom. The number of amides is 2. The van der Waals surface area contributed by atoms with Gasteiger partial charge in [0, 0.05) is 23.5 Å². The Bertz CT molecular complexity index is 1170. The number of hydrogen-bond acceptors (Lipinski definition) is 3. The third-order valence-electron chi connectivity index (χ3n) is 5.72. The van der Waals surface area contributed by atoms with E-state index in [4.69, 9.17) is 16.3 Å². The van der Waals surface area contributed by atoms with Crippen LogP contribution in [-0.2, 0) is 22.6 Å². The molecule has 6 heteroatoms. The molecule has 0 heterocycles. The van der Waals surface area contributed by atoms with Crippen LogP contribution in [0.4, 0.5) is 0 Å². The number of nitrogens with one attached hydrogen (secondary N) is 1. The molecule has 0 radical (unpaired) electrons. The highest BCUT2D eigenvalue weighted by atomic mass is 35.5. The Labute approximate surface area is 219 Å². The number of nitrogens with zero attached hydrogens (tertiary/aromatic N) is 1. The summed E-state index contributed by atoms with van der Waals surface area (Å²) >= 11 is 6.08. The van der Waals surface area contributed by atoms with E-state index < -0.39 is 11.6 Å². The third kappa shape index (κ3) is 8.13. The van der Waals surface area contributed by atoms with Gasteiger partial charge in [0.05, 0.1) is 0 Å². The number of rotatable bonds is 9. The molecule has 2 amide bonds. The summed E-state index contributed by atoms with van der Waals surface area (Å²) in [5.74, 6) is 0.175. The van der Waals surface area contributed by atoms with Crippen molar-refractivity contribution in [1.82, 2.24) is 10.2 Å². The molecular formula is C30H35ClN2O3. The monoisotopic (exact) mass is 506 g/mol. The lowest BCUT2D eigenvalue weighted by Crippen LogP contribution is -2.55. The van der Waals surface area contributed by atoms with Crippen molar-refractivity contribution in [3.63, 3.8) is 0 Å². The lowest BCUT2D eigenvalue weighted by Gasteiger charge is -2.33. The first kappa shape index (κ1) is 27.3. The second-order valence-electron chi connectivity index (χ2n) is 10.2. The first-order chi connectivity index (χ1) is 17.0. The van der Waals surface area contributed by atoms with E-state index in [1.54, 1.807) is 17.0 Å². The molecule has 0 aromatic heterocycles. The molecule has 190 valence electrons. The fourth-order valence-corrected chi connectivity index (χ4v) is 4.10. The standard InChI is InChI=1S/C30H35ClN2O3/c1-21-11-16-27(22(2)17-21)36-20-28(34)33(19-24-12-14-25(31)15-13-24)26(29(35)32-30(3,4)5)18-23-9-7-6-8-10-23/h6-17,26H,18-20H2,1-5H3,(H,32,35)/t26-/m1/s1. The summed E-state index contributed by atoms with van der Waals surface area (Å²) < 4.78 is 5.93. The van der Waals surface area contributed by atoms with E-state index in [1.165, 1.54) is 0 Å². The summed E-state index contributed by atoms with van der Waals surface area (Å²) in [5, 5.41) is 3.68. The van der Waals surface area contributed by atoms with Crippen molar-refractivity contribution in [3.8, 4) is 5.75 Å². The SMILES string of the molecule is Cc1ccc(OCC(=O)N(Cc2ccc(Cl)cc2)[C@H](Cc2ccccc2)C(=O)NC(C)(C)C)c(C)c1. The maximum Gasteiger partial charge on any atom is 0.261 e. The molecule has 0 unspecified atom stereocenters. The molecular weight excluding hydrogens is 472 g/mol. The van der Waals surface area contributed by atoms with E-state index in [9.17, 15) is 9.59 Å². The highest BCUT2D eigenvalue weighted by Gasteiger charge is 2.32. The molecule has 1 N–H and O–H groups in total. The van der Waals surface area contributed by atoms with Crippen LogP contribution in [0.15, 0.2) is 72.8 Å². The van der Waals surface area contributed by atoms with E-state index in [0.717, 1.165) is 22.3 Å². The second kappa shape index (κ2) is 12.1. The maximum atomic E-state index is 13.7. The largest absolute Gasteiger partial charge is 0.483 e. The number of ether oxygens (including phenoxy) is 1. The fourth-order valence-electron chi connectivity index (χ4n) is 3.98. The van der Waals surface area contributed by atoms with Crippen molar-refractivity contribution < 1.29 is 14.3 Å². The quantitative estimate of drug-likeness (QED) is 0.393. The van der Waals surface area contributed by atoms with Gasteiger partial charge >= 0.3 is 0 Å². The van der Waals surface area contributed by atoms with Crippen molar-refractivity contribution in [1.29, 1.82) is 0 Å². The summed E-state index contributed by atoms with van der Waals surface area (Å²) in [7, 11) is 0. The molecule has 0 saturated carbocycles. The highest BCUT2D eigenvalue weighted by Crippen LogP contribution is 2.21. The van der Waals surface area contributed by atoms with Crippen LogP contribution in [0.25, 0.3) is 0 Å². The van der Waals surface area contributed by atoms with Crippen molar-refractivity contribution >= 4 is 23.4 Å². The number of halogens is 1. The minimum atomic E-state index is -0.725. The Balaban J connectivity index is 1.93. The summed E-state index contributed by atoms with van der Waals surface area (Å²) in [6, 6.07) is 22.2. The van der Waals surface area contributed by atoms with Gasteiger partial charge in [0.15, 0.2) is 6.61 Å². The Kier molecular flexibility index (Phi) is 9.16. The van der Waals surface area contributed by atoms with E-state index >= 15 is 0 Å². The third-order valence-corrected chi connectivity index (χ3v) is 5.97. The summed E-state index contributed by atoms with van der Waals surface area (Å²) in [5.41, 5.74) is 3.48. The molecule has 3 aromatic carbocycles. The van der Waals surface area contributed by atoms with Crippen molar-refractivity contribution in [2.24, 2.45) is 0 Å². The first-order valence-corrected chi connectivity index (χ1v) is 12.5. The molecule has 0 spiro atoms. The molecule has 0 fully saturated rings. The van der Waals surface area contributed by atoms with Gasteiger partial charge in [-0.2, -0.15) is 0 Å². The van der Waals surface area contributed by atoms with Gasteiger partial charge in [0.1, 0.15) is 11.8 Å². The Morgan fingerprint density at radius 1 is 0.944 bits per heavy atom. The van der Waals surface area contributed by atoms with Gasteiger partial charge in [0.2, 0.25) is 5.91 Å². The van der Waals surface area contributed by atoms with Gasteiger partial charge in [-0.25, -0.2) is 0 Å². The van der Waals surface area contributed by atoms with Crippen LogP contribution in [0.1, 0.15) is 43.0 Å². The summed E-state index contributed by atoms with van der Waals surface area (Å²) in [6.45, 7) is 9.83. The zero-order valence-corrected chi connectivity index (χ0v) is 22.4. The average Bonchev–Trinajstić information content (AvgIpc) is 2.81. The normalized spacial score (nSPS) is 12.1. The van der Waals surface area contributed by atoms with Crippen LogP contribution < -0.4 is 10.1 Å². The van der Waals surface area contributed by atoms with Gasteiger partial charge in [-0.3, -0.25) is 9.59 Å². The molecule has 0 bridgehead atoms. The summed E-state index contributed by atoms with van der Waals surface area (Å²) in [4.78, 5) is 28.8. The van der Waals surface area contributed by atoms with Crippen molar-refractivity contribution in [3.05, 3.63) is 100 Å². The maximum absolute atomic E-state index is 13.7. The smallest absolute Gasteiger partial charge is 0.261 e. The number of carbonyl (C=O) groups excluding carboxylic acids is 2. The van der Waals surface area contributed by atoms with Crippen molar-refractivity contribution in [2.45, 2.75) is 59.2 Å². The minimum absolute atomic E-state index is 0.175. The van der Waals surface area contributed by atoms with Crippen LogP contribution in [0.5, 0.6) is 5.75 Å². The predicted octanol–water partition coefficient (Wildman–Crippen LogP) is 5.89. The van der Waals surface area contributed by atoms with Gasteiger partial charge in [-0.05, 0) is 69.5 Å². The molecule has 5 nitrogen and oxygen atoms in total. The lowest BCUT2D eigenvalue weighted by molar-refractivity contribution is -0.143. The molecule has 1 atom stereocenters. The molecule has 0 saturated heterocycles.